The minimum atomic E-state index is -1.19. The number of ether oxygens (including phenoxy) is 2. The fourth-order valence-electron chi connectivity index (χ4n) is 5.05. The molecule has 2 amide bonds. The third kappa shape index (κ3) is 5.39. The minimum absolute atomic E-state index is 0.0641. The van der Waals surface area contributed by atoms with Gasteiger partial charge >= 0.3 is 5.97 Å². The number of nitrogens with zero attached hydrogens (tertiary/aromatic N) is 3. The summed E-state index contributed by atoms with van der Waals surface area (Å²) < 4.78 is 11.8. The van der Waals surface area contributed by atoms with E-state index in [0.29, 0.717) is 5.75 Å². The van der Waals surface area contributed by atoms with Crippen LogP contribution in [0, 0.1) is 0 Å². The van der Waals surface area contributed by atoms with Gasteiger partial charge in [-0.3, -0.25) is 14.3 Å². The molecule has 1 unspecified atom stereocenters. The van der Waals surface area contributed by atoms with Gasteiger partial charge in [0.15, 0.2) is 5.69 Å². The summed E-state index contributed by atoms with van der Waals surface area (Å²) in [7, 11) is 1.60. The van der Waals surface area contributed by atoms with Crippen LogP contribution in [-0.4, -0.2) is 57.8 Å². The molecule has 9 nitrogen and oxygen atoms in total. The number of esters is 1. The number of nitrogens with one attached hydrogen (secondary N) is 1. The Morgan fingerprint density at radius 2 is 1.78 bits per heavy atom. The number of rotatable bonds is 7. The van der Waals surface area contributed by atoms with Crippen molar-refractivity contribution in [1.29, 1.82) is 0 Å². The van der Waals surface area contributed by atoms with Crippen molar-refractivity contribution in [2.24, 2.45) is 0 Å². The van der Waals surface area contributed by atoms with Gasteiger partial charge in [-0.15, -0.1) is 0 Å². The first-order valence-electron chi connectivity index (χ1n) is 12.9. The number of hydrogen-bond acceptors (Lipinski definition) is 6. The zero-order valence-corrected chi connectivity index (χ0v) is 21.4. The number of carbonyl (C=O) groups excluding carboxylic acids is 3. The molecule has 0 radical (unpaired) electrons. The second-order valence-electron chi connectivity index (χ2n) is 9.82. The van der Waals surface area contributed by atoms with Gasteiger partial charge in [-0.05, 0) is 44.4 Å². The predicted molar refractivity (Wildman–Crippen MR) is 134 cm³/mol. The topological polar surface area (TPSA) is 103 Å². The lowest BCUT2D eigenvalue weighted by atomic mass is 9.92. The SMILES string of the molecule is CCOC(=O)c1cc2n(n1)CC(C)(C(=O)NC1CCCCCCC1)N(Cc1ccc(OC)cc1)C2=O. The van der Waals surface area contributed by atoms with Gasteiger partial charge in [-0.2, -0.15) is 5.10 Å². The number of fused-ring (bicyclic) bond motifs is 1. The number of benzene rings is 1. The normalized spacial score (nSPS) is 20.8. The van der Waals surface area contributed by atoms with Crippen molar-refractivity contribution in [2.75, 3.05) is 13.7 Å². The minimum Gasteiger partial charge on any atom is -0.497 e. The van der Waals surface area contributed by atoms with E-state index in [4.69, 9.17) is 9.47 Å². The molecule has 1 aliphatic carbocycles. The van der Waals surface area contributed by atoms with Crippen LogP contribution in [0.3, 0.4) is 0 Å². The van der Waals surface area contributed by atoms with Crippen LogP contribution in [-0.2, 0) is 22.6 Å². The van der Waals surface area contributed by atoms with Gasteiger partial charge in [0.2, 0.25) is 5.91 Å². The second-order valence-corrected chi connectivity index (χ2v) is 9.82. The second kappa shape index (κ2) is 11.1. The molecule has 9 heteroatoms. The van der Waals surface area contributed by atoms with E-state index >= 15 is 0 Å². The van der Waals surface area contributed by atoms with Gasteiger partial charge in [0.1, 0.15) is 17.0 Å². The molecule has 2 aromatic rings. The first-order chi connectivity index (χ1) is 17.4. The van der Waals surface area contributed by atoms with Crippen LogP contribution >= 0.6 is 0 Å². The molecule has 0 spiro atoms. The maximum atomic E-state index is 13.8. The van der Waals surface area contributed by atoms with E-state index < -0.39 is 11.5 Å². The van der Waals surface area contributed by atoms with Crippen LogP contribution in [0.4, 0.5) is 0 Å². The molecule has 1 saturated carbocycles. The Morgan fingerprint density at radius 1 is 1.11 bits per heavy atom. The number of aromatic nitrogens is 2. The van der Waals surface area contributed by atoms with E-state index in [2.05, 4.69) is 10.4 Å². The molecule has 0 bridgehead atoms. The Bertz CT molecular complexity index is 1090. The molecule has 1 aromatic heterocycles. The summed E-state index contributed by atoms with van der Waals surface area (Å²) in [4.78, 5) is 41.5. The van der Waals surface area contributed by atoms with Gasteiger partial charge < -0.3 is 19.7 Å². The summed E-state index contributed by atoms with van der Waals surface area (Å²) in [5.74, 6) is -0.426. The van der Waals surface area contributed by atoms with E-state index in [0.717, 1.165) is 31.2 Å². The molecule has 1 atom stereocenters. The molecule has 4 rings (SSSR count). The molecule has 1 aromatic carbocycles. The number of methoxy groups -OCH3 is 1. The molecule has 1 fully saturated rings. The Morgan fingerprint density at radius 3 is 2.42 bits per heavy atom. The molecular formula is C27H36N4O5. The molecule has 2 heterocycles. The highest BCUT2D eigenvalue weighted by Gasteiger charge is 2.48. The maximum Gasteiger partial charge on any atom is 0.358 e. The third-order valence-corrected chi connectivity index (χ3v) is 7.21. The lowest BCUT2D eigenvalue weighted by Gasteiger charge is -2.44. The van der Waals surface area contributed by atoms with Crippen LogP contribution in [0.5, 0.6) is 5.75 Å². The van der Waals surface area contributed by atoms with Gasteiger partial charge in [-0.25, -0.2) is 4.79 Å². The molecule has 0 saturated heterocycles. The number of carbonyl (C=O) groups is 3. The highest BCUT2D eigenvalue weighted by atomic mass is 16.5. The van der Waals surface area contributed by atoms with Crippen molar-refractivity contribution in [2.45, 2.75) is 83.5 Å². The Balaban J connectivity index is 1.65. The quantitative estimate of drug-likeness (QED) is 0.586. The zero-order valence-electron chi connectivity index (χ0n) is 21.4. The average molecular weight is 497 g/mol. The standard InChI is InChI=1S/C27H36N4O5/c1-4-36-25(33)22-16-23-24(32)30(17-19-12-14-21(35-3)15-13-19)27(2,18-31(23)29-22)26(34)28-20-10-8-6-5-7-9-11-20/h12-16,20H,4-11,17-18H2,1-3H3,(H,28,34). The highest BCUT2D eigenvalue weighted by Crippen LogP contribution is 2.31. The van der Waals surface area contributed by atoms with Crippen LogP contribution in [0.1, 0.15) is 85.3 Å². The number of amides is 2. The van der Waals surface area contributed by atoms with Crippen LogP contribution in [0.2, 0.25) is 0 Å². The van der Waals surface area contributed by atoms with Crippen molar-refractivity contribution in [3.63, 3.8) is 0 Å². The van der Waals surface area contributed by atoms with Crippen molar-refractivity contribution >= 4 is 17.8 Å². The summed E-state index contributed by atoms with van der Waals surface area (Å²) in [5, 5.41) is 7.58. The summed E-state index contributed by atoms with van der Waals surface area (Å²) in [5.41, 5.74) is 0.00872. The Labute approximate surface area is 212 Å². The van der Waals surface area contributed by atoms with Gasteiger partial charge in [0, 0.05) is 18.7 Å². The van der Waals surface area contributed by atoms with Gasteiger partial charge in [-0.1, -0.05) is 44.2 Å². The summed E-state index contributed by atoms with van der Waals surface area (Å²) in [6.45, 7) is 4.08. The lowest BCUT2D eigenvalue weighted by Crippen LogP contribution is -2.64. The molecule has 1 N–H and O–H groups in total. The average Bonchev–Trinajstić information content (AvgIpc) is 3.28. The monoisotopic (exact) mass is 496 g/mol. The maximum absolute atomic E-state index is 13.8. The predicted octanol–water partition coefficient (Wildman–Crippen LogP) is 3.71. The fourth-order valence-corrected chi connectivity index (χ4v) is 5.05. The molecule has 1 aliphatic heterocycles. The van der Waals surface area contributed by atoms with E-state index in [1.165, 1.54) is 30.0 Å². The molecule has 194 valence electrons. The summed E-state index contributed by atoms with van der Waals surface area (Å²) >= 11 is 0. The summed E-state index contributed by atoms with van der Waals surface area (Å²) in [6.07, 6.45) is 7.65. The van der Waals surface area contributed by atoms with E-state index in [-0.39, 0.29) is 48.9 Å². The molecular weight excluding hydrogens is 460 g/mol. The van der Waals surface area contributed by atoms with Gasteiger partial charge in [0.25, 0.3) is 5.91 Å². The summed E-state index contributed by atoms with van der Waals surface area (Å²) in [6, 6.07) is 8.97. The number of hydrogen-bond donors (Lipinski definition) is 1. The first-order valence-corrected chi connectivity index (χ1v) is 12.9. The van der Waals surface area contributed by atoms with Crippen molar-refractivity contribution in [3.05, 3.63) is 47.3 Å². The third-order valence-electron chi connectivity index (χ3n) is 7.21. The van der Waals surface area contributed by atoms with Crippen LogP contribution in [0.15, 0.2) is 30.3 Å². The Kier molecular flexibility index (Phi) is 7.96. The zero-order chi connectivity index (χ0) is 25.7. The smallest absolute Gasteiger partial charge is 0.358 e. The largest absolute Gasteiger partial charge is 0.497 e. The fraction of sp³-hybridized carbons (Fsp3) is 0.556. The van der Waals surface area contributed by atoms with Crippen molar-refractivity contribution in [1.82, 2.24) is 20.0 Å². The van der Waals surface area contributed by atoms with Gasteiger partial charge in [0.05, 0.1) is 20.3 Å². The first kappa shape index (κ1) is 25.7. The van der Waals surface area contributed by atoms with E-state index in [1.807, 2.05) is 24.3 Å². The molecule has 36 heavy (non-hydrogen) atoms. The van der Waals surface area contributed by atoms with Crippen molar-refractivity contribution in [3.8, 4) is 5.75 Å². The highest BCUT2D eigenvalue weighted by molar-refractivity contribution is 6.01. The van der Waals surface area contributed by atoms with Crippen molar-refractivity contribution < 1.29 is 23.9 Å². The lowest BCUT2D eigenvalue weighted by molar-refractivity contribution is -0.134. The van der Waals surface area contributed by atoms with E-state index in [1.54, 1.807) is 25.9 Å². The Hall–Kier alpha value is -3.36. The van der Waals surface area contributed by atoms with E-state index in [9.17, 15) is 14.4 Å². The van der Waals surface area contributed by atoms with Crippen LogP contribution < -0.4 is 10.1 Å². The molecule has 2 aliphatic rings. The van der Waals surface area contributed by atoms with Crippen LogP contribution in [0.25, 0.3) is 0 Å².